The molecule has 19 heavy (non-hydrogen) atoms. The molecular weight excluding hydrogens is 375 g/mol. The molecule has 1 aliphatic heterocycles. The number of halogens is 2. The Morgan fingerprint density at radius 3 is 2.05 bits per heavy atom. The topological polar surface area (TPSA) is 27.7 Å². The molecule has 1 heterocycles. The van der Waals surface area contributed by atoms with Gasteiger partial charge in [-0.05, 0) is 55.8 Å². The van der Waals surface area contributed by atoms with Crippen LogP contribution in [0.4, 0.5) is 0 Å². The first kappa shape index (κ1) is 15.4. The Bertz CT molecular complexity index is 487. The maximum atomic E-state index is 6.06. The van der Waals surface area contributed by atoms with Crippen LogP contribution in [0.15, 0.2) is 21.1 Å². The van der Waals surface area contributed by atoms with Gasteiger partial charge in [0, 0.05) is 9.94 Å². The highest BCUT2D eigenvalue weighted by Gasteiger charge is 2.52. The van der Waals surface area contributed by atoms with Crippen molar-refractivity contribution in [3.8, 4) is 5.75 Å². The van der Waals surface area contributed by atoms with Crippen LogP contribution in [0.25, 0.3) is 0 Å². The lowest BCUT2D eigenvalue weighted by atomic mass is 9.79. The van der Waals surface area contributed by atoms with Crippen LogP contribution in [-0.4, -0.2) is 25.4 Å². The van der Waals surface area contributed by atoms with Crippen molar-refractivity contribution >= 4 is 44.4 Å². The molecule has 0 spiro atoms. The van der Waals surface area contributed by atoms with Gasteiger partial charge >= 0.3 is 7.12 Å². The van der Waals surface area contributed by atoms with E-state index >= 15 is 0 Å². The average Bonchev–Trinajstić information content (AvgIpc) is 2.50. The van der Waals surface area contributed by atoms with Crippen molar-refractivity contribution in [2.45, 2.75) is 38.9 Å². The molecule has 0 N–H and O–H groups in total. The molecule has 0 aliphatic carbocycles. The van der Waals surface area contributed by atoms with E-state index in [-0.39, 0.29) is 11.2 Å². The van der Waals surface area contributed by atoms with E-state index in [1.165, 1.54) is 0 Å². The minimum Gasteiger partial charge on any atom is -0.496 e. The van der Waals surface area contributed by atoms with Gasteiger partial charge in [-0.15, -0.1) is 0 Å². The van der Waals surface area contributed by atoms with E-state index in [0.29, 0.717) is 0 Å². The van der Waals surface area contributed by atoms with Gasteiger partial charge in [0.2, 0.25) is 0 Å². The maximum Gasteiger partial charge on any atom is 0.496 e. The summed E-state index contributed by atoms with van der Waals surface area (Å²) in [4.78, 5) is 0. The predicted molar refractivity (Wildman–Crippen MR) is 84.1 cm³/mol. The standard InChI is InChI=1S/C13H17BBr2O3/c1-12(2)13(3,4)19-14(18-12)9-6-8(15)7-10(17-5)11(9)16/h6-7H,1-5H3. The molecule has 0 atom stereocenters. The average molecular weight is 392 g/mol. The van der Waals surface area contributed by atoms with Crippen molar-refractivity contribution in [2.75, 3.05) is 7.11 Å². The summed E-state index contributed by atoms with van der Waals surface area (Å²) < 4.78 is 19.2. The molecule has 0 amide bonds. The Morgan fingerprint density at radius 1 is 1.05 bits per heavy atom. The van der Waals surface area contributed by atoms with Crippen molar-refractivity contribution in [2.24, 2.45) is 0 Å². The van der Waals surface area contributed by atoms with Gasteiger partial charge in [-0.3, -0.25) is 0 Å². The second kappa shape index (κ2) is 5.06. The van der Waals surface area contributed by atoms with Crippen molar-refractivity contribution in [1.29, 1.82) is 0 Å². The first-order chi connectivity index (χ1) is 8.68. The Labute approximate surface area is 131 Å². The molecular formula is C13H17BBr2O3. The maximum absolute atomic E-state index is 6.06. The van der Waals surface area contributed by atoms with Crippen LogP contribution in [0, 0.1) is 0 Å². The summed E-state index contributed by atoms with van der Waals surface area (Å²) in [5.74, 6) is 0.749. The highest BCUT2D eigenvalue weighted by molar-refractivity contribution is 9.11. The summed E-state index contributed by atoms with van der Waals surface area (Å²) in [5, 5.41) is 0. The number of methoxy groups -OCH3 is 1. The van der Waals surface area contributed by atoms with Gasteiger partial charge in [0.05, 0.1) is 22.8 Å². The molecule has 104 valence electrons. The number of ether oxygens (including phenoxy) is 1. The normalized spacial score (nSPS) is 20.7. The molecule has 6 heteroatoms. The molecule has 0 bridgehead atoms. The molecule has 0 aromatic heterocycles. The SMILES string of the molecule is COc1cc(Br)cc(B2OC(C)(C)C(C)(C)O2)c1Br. The highest BCUT2D eigenvalue weighted by atomic mass is 79.9. The third-order valence-electron chi connectivity index (χ3n) is 3.76. The van der Waals surface area contributed by atoms with Crippen LogP contribution < -0.4 is 10.2 Å². The van der Waals surface area contributed by atoms with Crippen LogP contribution in [0.5, 0.6) is 5.75 Å². The molecule has 2 rings (SSSR count). The third-order valence-corrected chi connectivity index (χ3v) is 5.07. The zero-order chi connectivity index (χ0) is 14.4. The van der Waals surface area contributed by atoms with E-state index < -0.39 is 7.12 Å². The zero-order valence-corrected chi connectivity index (χ0v) is 14.9. The number of hydrogen-bond donors (Lipinski definition) is 0. The molecule has 1 fully saturated rings. The van der Waals surface area contributed by atoms with Crippen LogP contribution >= 0.6 is 31.9 Å². The first-order valence-corrected chi connectivity index (χ1v) is 7.65. The Kier molecular flexibility index (Phi) is 4.09. The molecule has 1 aromatic carbocycles. The summed E-state index contributed by atoms with van der Waals surface area (Å²) in [5.41, 5.74) is 0.212. The smallest absolute Gasteiger partial charge is 0.496 e. The van der Waals surface area contributed by atoms with Crippen molar-refractivity contribution < 1.29 is 14.0 Å². The lowest BCUT2D eigenvalue weighted by Crippen LogP contribution is -2.41. The van der Waals surface area contributed by atoms with Gasteiger partial charge in [0.25, 0.3) is 0 Å². The van der Waals surface area contributed by atoms with Crippen LogP contribution in [0.1, 0.15) is 27.7 Å². The number of hydrogen-bond acceptors (Lipinski definition) is 3. The van der Waals surface area contributed by atoms with E-state index in [1.54, 1.807) is 7.11 Å². The number of rotatable bonds is 2. The van der Waals surface area contributed by atoms with Gasteiger partial charge < -0.3 is 14.0 Å². The fraction of sp³-hybridized carbons (Fsp3) is 0.538. The molecule has 3 nitrogen and oxygen atoms in total. The van der Waals surface area contributed by atoms with E-state index in [2.05, 4.69) is 31.9 Å². The molecule has 0 saturated carbocycles. The van der Waals surface area contributed by atoms with Gasteiger partial charge in [-0.1, -0.05) is 15.9 Å². The van der Waals surface area contributed by atoms with Gasteiger partial charge in [0.1, 0.15) is 5.75 Å². The largest absolute Gasteiger partial charge is 0.496 e. The van der Waals surface area contributed by atoms with Crippen LogP contribution in [-0.2, 0) is 9.31 Å². The fourth-order valence-electron chi connectivity index (χ4n) is 1.87. The summed E-state index contributed by atoms with van der Waals surface area (Å²) in [7, 11) is 1.23. The zero-order valence-electron chi connectivity index (χ0n) is 11.7. The van der Waals surface area contributed by atoms with Gasteiger partial charge in [-0.25, -0.2) is 0 Å². The molecule has 0 unspecified atom stereocenters. The second-order valence-corrected chi connectivity index (χ2v) is 7.31. The van der Waals surface area contributed by atoms with E-state index in [9.17, 15) is 0 Å². The van der Waals surface area contributed by atoms with E-state index in [4.69, 9.17) is 14.0 Å². The summed E-state index contributed by atoms with van der Waals surface area (Å²) in [6.45, 7) is 8.15. The summed E-state index contributed by atoms with van der Waals surface area (Å²) in [6, 6.07) is 3.88. The Hall–Kier alpha value is -0.0351. The minimum absolute atomic E-state index is 0.355. The monoisotopic (exact) mass is 390 g/mol. The highest BCUT2D eigenvalue weighted by Crippen LogP contribution is 2.38. The molecule has 1 aromatic rings. The second-order valence-electron chi connectivity index (χ2n) is 5.60. The van der Waals surface area contributed by atoms with Crippen LogP contribution in [0.2, 0.25) is 0 Å². The van der Waals surface area contributed by atoms with E-state index in [0.717, 1.165) is 20.2 Å². The lowest BCUT2D eigenvalue weighted by Gasteiger charge is -2.32. The quantitative estimate of drug-likeness (QED) is 0.722. The first-order valence-electron chi connectivity index (χ1n) is 6.06. The lowest BCUT2D eigenvalue weighted by molar-refractivity contribution is 0.00578. The summed E-state index contributed by atoms with van der Waals surface area (Å²) in [6.07, 6.45) is 0. The van der Waals surface area contributed by atoms with Crippen molar-refractivity contribution in [3.05, 3.63) is 21.1 Å². The molecule has 1 saturated heterocycles. The minimum atomic E-state index is -0.411. The fourth-order valence-corrected chi connectivity index (χ4v) is 2.91. The molecule has 0 radical (unpaired) electrons. The molecule has 1 aliphatic rings. The predicted octanol–water partition coefficient (Wildman–Crippen LogP) is 3.52. The van der Waals surface area contributed by atoms with Crippen molar-refractivity contribution in [1.82, 2.24) is 0 Å². The van der Waals surface area contributed by atoms with E-state index in [1.807, 2.05) is 39.8 Å². The number of benzene rings is 1. The van der Waals surface area contributed by atoms with Gasteiger partial charge in [-0.2, -0.15) is 0 Å². The Balaban J connectivity index is 2.42. The Morgan fingerprint density at radius 2 is 1.58 bits per heavy atom. The summed E-state index contributed by atoms with van der Waals surface area (Å²) >= 11 is 7.04. The third kappa shape index (κ3) is 2.73. The van der Waals surface area contributed by atoms with Crippen LogP contribution in [0.3, 0.4) is 0 Å². The van der Waals surface area contributed by atoms with Crippen molar-refractivity contribution in [3.63, 3.8) is 0 Å². The van der Waals surface area contributed by atoms with Gasteiger partial charge in [0.15, 0.2) is 0 Å².